The maximum absolute atomic E-state index is 4.41. The molecule has 2 heterocycles. The molecule has 2 aromatic heterocycles. The number of fused-ring (bicyclic) bond motifs is 1. The number of unbranched alkanes of at least 4 members (excludes halogenated alkanes) is 3. The largest absolute Gasteiger partial charge is 0.313 e. The molecule has 110 valence electrons. The summed E-state index contributed by atoms with van der Waals surface area (Å²) < 4.78 is 1.86. The zero-order valence-corrected chi connectivity index (χ0v) is 13.2. The molecule has 1 N–H and O–H groups in total. The Bertz CT molecular complexity index is 524. The van der Waals surface area contributed by atoms with Gasteiger partial charge in [0.25, 0.3) is 0 Å². The Labute approximate surface area is 125 Å². The summed E-state index contributed by atoms with van der Waals surface area (Å²) in [5.41, 5.74) is 3.11. The molecule has 2 rings (SSSR count). The highest BCUT2D eigenvalue weighted by atomic mass is 32.2. The fourth-order valence-electron chi connectivity index (χ4n) is 2.21. The first-order chi connectivity index (χ1) is 9.79. The molecule has 0 aliphatic heterocycles. The molecular weight excluding hydrogens is 268 g/mol. The van der Waals surface area contributed by atoms with Crippen LogP contribution in [0.5, 0.6) is 0 Å². The molecular formula is C15H24N4S. The fourth-order valence-corrected chi connectivity index (χ4v) is 2.70. The zero-order valence-electron chi connectivity index (χ0n) is 12.4. The Morgan fingerprint density at radius 1 is 1.25 bits per heavy atom. The number of hydrogen-bond donors (Lipinski definition) is 1. The number of nitrogens with one attached hydrogen (secondary N) is 1. The van der Waals surface area contributed by atoms with Crippen LogP contribution in [0.4, 0.5) is 0 Å². The van der Waals surface area contributed by atoms with Gasteiger partial charge in [0.2, 0.25) is 0 Å². The molecule has 0 aromatic carbocycles. The van der Waals surface area contributed by atoms with Gasteiger partial charge < -0.3 is 5.32 Å². The average Bonchev–Trinajstić information content (AvgIpc) is 2.81. The van der Waals surface area contributed by atoms with Crippen LogP contribution in [0.2, 0.25) is 0 Å². The van der Waals surface area contributed by atoms with Gasteiger partial charge >= 0.3 is 0 Å². The topological polar surface area (TPSA) is 42.2 Å². The van der Waals surface area contributed by atoms with E-state index in [4.69, 9.17) is 0 Å². The van der Waals surface area contributed by atoms with E-state index in [-0.39, 0.29) is 0 Å². The molecule has 4 nitrogen and oxygen atoms in total. The molecule has 0 unspecified atom stereocenters. The highest BCUT2D eigenvalue weighted by Gasteiger charge is 2.00. The van der Waals surface area contributed by atoms with Crippen LogP contribution in [-0.2, 0) is 6.54 Å². The Morgan fingerprint density at radius 2 is 2.10 bits per heavy atom. The van der Waals surface area contributed by atoms with Gasteiger partial charge in [0.15, 0.2) is 5.65 Å². The summed E-state index contributed by atoms with van der Waals surface area (Å²) in [4.78, 5) is 4.41. The standard InChI is InChI=1S/C15H24N4S/c1-13-9-15-17-11-14(12-19(15)18-13)10-16-7-5-3-4-6-8-20-2/h9,11-12,16H,3-8,10H2,1-2H3. The third-order valence-corrected chi connectivity index (χ3v) is 3.97. The lowest BCUT2D eigenvalue weighted by Crippen LogP contribution is -2.15. The van der Waals surface area contributed by atoms with Crippen LogP contribution in [0.25, 0.3) is 5.65 Å². The molecule has 0 amide bonds. The smallest absolute Gasteiger partial charge is 0.155 e. The van der Waals surface area contributed by atoms with Crippen LogP contribution in [0, 0.1) is 6.92 Å². The van der Waals surface area contributed by atoms with E-state index in [0.29, 0.717) is 0 Å². The summed E-state index contributed by atoms with van der Waals surface area (Å²) in [5, 5.41) is 7.86. The first kappa shape index (κ1) is 15.3. The van der Waals surface area contributed by atoms with E-state index in [2.05, 4.69) is 27.9 Å². The molecule has 0 radical (unpaired) electrons. The molecule has 2 aromatic rings. The zero-order chi connectivity index (χ0) is 14.2. The van der Waals surface area contributed by atoms with Crippen molar-refractivity contribution in [2.45, 2.75) is 39.2 Å². The van der Waals surface area contributed by atoms with Crippen molar-refractivity contribution in [2.75, 3.05) is 18.6 Å². The molecule has 5 heteroatoms. The van der Waals surface area contributed by atoms with Gasteiger partial charge in [-0.05, 0) is 38.3 Å². The third kappa shape index (κ3) is 4.80. The van der Waals surface area contributed by atoms with Crippen LogP contribution in [0.15, 0.2) is 18.5 Å². The minimum absolute atomic E-state index is 0.868. The SMILES string of the molecule is CSCCCCCCNCc1cnc2cc(C)nn2c1. The Morgan fingerprint density at radius 3 is 2.95 bits per heavy atom. The molecule has 0 bridgehead atoms. The second-order valence-corrected chi connectivity index (χ2v) is 6.12. The number of rotatable bonds is 9. The first-order valence-corrected chi connectivity index (χ1v) is 8.69. The van der Waals surface area contributed by atoms with Crippen molar-refractivity contribution in [3.8, 4) is 0 Å². The van der Waals surface area contributed by atoms with E-state index >= 15 is 0 Å². The van der Waals surface area contributed by atoms with Gasteiger partial charge in [0, 0.05) is 30.6 Å². The van der Waals surface area contributed by atoms with E-state index in [1.807, 2.05) is 35.5 Å². The normalized spacial score (nSPS) is 11.3. The monoisotopic (exact) mass is 292 g/mol. The minimum Gasteiger partial charge on any atom is -0.313 e. The van der Waals surface area contributed by atoms with Crippen LogP contribution in [-0.4, -0.2) is 33.2 Å². The lowest BCUT2D eigenvalue weighted by atomic mass is 10.2. The predicted octanol–water partition coefficient (Wildman–Crippen LogP) is 3.05. The van der Waals surface area contributed by atoms with Gasteiger partial charge in [0.1, 0.15) is 0 Å². The quantitative estimate of drug-likeness (QED) is 0.721. The summed E-state index contributed by atoms with van der Waals surface area (Å²) >= 11 is 1.94. The average molecular weight is 292 g/mol. The number of aromatic nitrogens is 3. The maximum atomic E-state index is 4.41. The molecule has 0 aliphatic rings. The Balaban J connectivity index is 1.65. The molecule has 0 saturated heterocycles. The Kier molecular flexibility index (Phi) is 6.33. The summed E-state index contributed by atoms with van der Waals surface area (Å²) in [5.74, 6) is 1.29. The first-order valence-electron chi connectivity index (χ1n) is 7.30. The van der Waals surface area contributed by atoms with Crippen molar-refractivity contribution in [3.05, 3.63) is 29.7 Å². The van der Waals surface area contributed by atoms with E-state index in [1.54, 1.807) is 0 Å². The fraction of sp³-hybridized carbons (Fsp3) is 0.600. The van der Waals surface area contributed by atoms with Gasteiger partial charge in [-0.25, -0.2) is 9.50 Å². The van der Waals surface area contributed by atoms with Crippen molar-refractivity contribution < 1.29 is 0 Å². The summed E-state index contributed by atoms with van der Waals surface area (Å²) in [6.07, 6.45) is 11.4. The van der Waals surface area contributed by atoms with Crippen LogP contribution in [0.1, 0.15) is 36.9 Å². The Hall–Kier alpha value is -1.07. The van der Waals surface area contributed by atoms with E-state index in [1.165, 1.54) is 37.0 Å². The predicted molar refractivity (Wildman–Crippen MR) is 86.3 cm³/mol. The highest BCUT2D eigenvalue weighted by Crippen LogP contribution is 2.06. The van der Waals surface area contributed by atoms with E-state index in [9.17, 15) is 0 Å². The van der Waals surface area contributed by atoms with Crippen molar-refractivity contribution >= 4 is 17.4 Å². The van der Waals surface area contributed by atoms with Crippen molar-refractivity contribution in [1.82, 2.24) is 19.9 Å². The molecule has 0 fully saturated rings. The summed E-state index contributed by atoms with van der Waals surface area (Å²) in [7, 11) is 0. The van der Waals surface area contributed by atoms with Crippen molar-refractivity contribution in [2.24, 2.45) is 0 Å². The molecule has 20 heavy (non-hydrogen) atoms. The maximum Gasteiger partial charge on any atom is 0.155 e. The molecule has 0 atom stereocenters. The number of nitrogens with zero attached hydrogens (tertiary/aromatic N) is 3. The van der Waals surface area contributed by atoms with Gasteiger partial charge in [-0.15, -0.1) is 0 Å². The second kappa shape index (κ2) is 8.27. The summed E-state index contributed by atoms with van der Waals surface area (Å²) in [6.45, 7) is 3.94. The molecule has 0 aliphatic carbocycles. The molecule has 0 spiro atoms. The molecule has 0 saturated carbocycles. The second-order valence-electron chi connectivity index (χ2n) is 5.13. The number of hydrogen-bond acceptors (Lipinski definition) is 4. The number of thioether (sulfide) groups is 1. The van der Waals surface area contributed by atoms with Gasteiger partial charge in [-0.3, -0.25) is 0 Å². The van der Waals surface area contributed by atoms with Crippen molar-refractivity contribution in [1.29, 1.82) is 0 Å². The van der Waals surface area contributed by atoms with Crippen LogP contribution in [0.3, 0.4) is 0 Å². The van der Waals surface area contributed by atoms with E-state index in [0.717, 1.165) is 24.4 Å². The summed E-state index contributed by atoms with van der Waals surface area (Å²) in [6, 6.07) is 1.99. The number of aryl methyl sites for hydroxylation is 1. The highest BCUT2D eigenvalue weighted by molar-refractivity contribution is 7.98. The van der Waals surface area contributed by atoms with Crippen LogP contribution < -0.4 is 5.32 Å². The van der Waals surface area contributed by atoms with Crippen molar-refractivity contribution in [3.63, 3.8) is 0 Å². The third-order valence-electron chi connectivity index (χ3n) is 3.27. The van der Waals surface area contributed by atoms with Crippen LogP contribution >= 0.6 is 11.8 Å². The minimum atomic E-state index is 0.868. The lowest BCUT2D eigenvalue weighted by Gasteiger charge is -2.05. The van der Waals surface area contributed by atoms with Gasteiger partial charge in [-0.2, -0.15) is 16.9 Å². The van der Waals surface area contributed by atoms with Gasteiger partial charge in [0.05, 0.1) is 5.69 Å². The lowest BCUT2D eigenvalue weighted by molar-refractivity contribution is 0.597. The van der Waals surface area contributed by atoms with Gasteiger partial charge in [-0.1, -0.05) is 12.8 Å². The van der Waals surface area contributed by atoms with E-state index < -0.39 is 0 Å².